The van der Waals surface area contributed by atoms with Crippen molar-refractivity contribution in [3.8, 4) is 0 Å². The molecule has 2 aromatic carbocycles. The fraction of sp³-hybridized carbons (Fsp3) is 0.409. The Kier molecular flexibility index (Phi) is 6.34. The minimum atomic E-state index is -0.657. The van der Waals surface area contributed by atoms with Crippen molar-refractivity contribution in [3.05, 3.63) is 64.2 Å². The number of piperazine rings is 1. The van der Waals surface area contributed by atoms with Crippen LogP contribution in [0.4, 0.5) is 21.9 Å². The monoisotopic (exact) mass is 426 g/mol. The molecule has 164 valence electrons. The summed E-state index contributed by atoms with van der Waals surface area (Å²) in [5.74, 6) is 0. The van der Waals surface area contributed by atoms with Gasteiger partial charge in [-0.15, -0.1) is 0 Å². The zero-order chi connectivity index (χ0) is 21.8. The Balaban J connectivity index is 1.41. The number of nitrogens with zero attached hydrogens (tertiary/aromatic N) is 3. The minimum Gasteiger partial charge on any atom is -0.444 e. The molecule has 0 radical (unpaired) electrons. The van der Waals surface area contributed by atoms with Crippen LogP contribution in [0.3, 0.4) is 0 Å². The standard InChI is InChI=1S/C22H26N4O5/c1-16-12-24(19-14-30-15-19)9-10-25(16)20-8-7-18(11-21(20)26(28)29)23-22(27)31-13-17-5-3-2-4-6-17/h2-8,11,16,19H,9-10,12-15H2,1H3,(H,23,27)/t16-/m0/s1. The third-order valence-corrected chi connectivity index (χ3v) is 5.74. The summed E-state index contributed by atoms with van der Waals surface area (Å²) in [4.78, 5) is 27.9. The molecular formula is C22H26N4O5. The number of rotatable bonds is 6. The van der Waals surface area contributed by atoms with E-state index in [9.17, 15) is 14.9 Å². The third-order valence-electron chi connectivity index (χ3n) is 5.74. The number of nitro groups is 1. The van der Waals surface area contributed by atoms with E-state index in [1.54, 1.807) is 12.1 Å². The van der Waals surface area contributed by atoms with E-state index in [0.717, 1.165) is 31.9 Å². The number of nitrogens with one attached hydrogen (secondary N) is 1. The Hall–Kier alpha value is -3.17. The number of carbonyl (C=O) groups excluding carboxylic acids is 1. The van der Waals surface area contributed by atoms with Crippen LogP contribution in [0.5, 0.6) is 0 Å². The quantitative estimate of drug-likeness (QED) is 0.559. The molecule has 0 spiro atoms. The highest BCUT2D eigenvalue weighted by molar-refractivity contribution is 5.86. The van der Waals surface area contributed by atoms with Crippen molar-refractivity contribution < 1.29 is 19.2 Å². The largest absolute Gasteiger partial charge is 0.444 e. The first kappa shape index (κ1) is 21.1. The summed E-state index contributed by atoms with van der Waals surface area (Å²) in [6, 6.07) is 14.6. The van der Waals surface area contributed by atoms with Crippen LogP contribution in [0.15, 0.2) is 48.5 Å². The van der Waals surface area contributed by atoms with Gasteiger partial charge in [-0.05, 0) is 24.6 Å². The van der Waals surface area contributed by atoms with E-state index in [-0.39, 0.29) is 18.3 Å². The van der Waals surface area contributed by atoms with E-state index < -0.39 is 11.0 Å². The predicted octanol–water partition coefficient (Wildman–Crippen LogP) is 3.25. The molecule has 2 aliphatic heterocycles. The van der Waals surface area contributed by atoms with Gasteiger partial charge in [0.1, 0.15) is 12.3 Å². The van der Waals surface area contributed by atoms with Gasteiger partial charge in [0, 0.05) is 31.7 Å². The number of ether oxygens (including phenoxy) is 2. The van der Waals surface area contributed by atoms with Crippen LogP contribution in [0.25, 0.3) is 0 Å². The van der Waals surface area contributed by atoms with E-state index in [0.29, 0.717) is 24.0 Å². The summed E-state index contributed by atoms with van der Waals surface area (Å²) in [5, 5.41) is 14.3. The van der Waals surface area contributed by atoms with Gasteiger partial charge in [0.05, 0.1) is 29.9 Å². The average Bonchev–Trinajstić information content (AvgIpc) is 2.72. The fourth-order valence-electron chi connectivity index (χ4n) is 3.98. The van der Waals surface area contributed by atoms with Crippen molar-refractivity contribution in [3.63, 3.8) is 0 Å². The van der Waals surface area contributed by atoms with Gasteiger partial charge in [-0.1, -0.05) is 30.3 Å². The highest BCUT2D eigenvalue weighted by Gasteiger charge is 2.34. The van der Waals surface area contributed by atoms with E-state index >= 15 is 0 Å². The Morgan fingerprint density at radius 2 is 2.00 bits per heavy atom. The number of hydrogen-bond acceptors (Lipinski definition) is 7. The van der Waals surface area contributed by atoms with Gasteiger partial charge < -0.3 is 14.4 Å². The fourth-order valence-corrected chi connectivity index (χ4v) is 3.98. The van der Waals surface area contributed by atoms with Gasteiger partial charge in [-0.25, -0.2) is 4.79 Å². The van der Waals surface area contributed by atoms with Gasteiger partial charge in [0.15, 0.2) is 0 Å². The van der Waals surface area contributed by atoms with Crippen molar-refractivity contribution in [1.29, 1.82) is 0 Å². The van der Waals surface area contributed by atoms with E-state index in [1.165, 1.54) is 6.07 Å². The molecule has 2 saturated heterocycles. The molecule has 9 nitrogen and oxygen atoms in total. The molecule has 0 bridgehead atoms. The Morgan fingerprint density at radius 1 is 1.23 bits per heavy atom. The Bertz CT molecular complexity index is 935. The van der Waals surface area contributed by atoms with E-state index in [4.69, 9.17) is 9.47 Å². The third kappa shape index (κ3) is 4.95. The second kappa shape index (κ2) is 9.32. The van der Waals surface area contributed by atoms with Crippen molar-refractivity contribution in [1.82, 2.24) is 4.90 Å². The highest BCUT2D eigenvalue weighted by Crippen LogP contribution is 2.34. The number of benzene rings is 2. The zero-order valence-electron chi connectivity index (χ0n) is 17.4. The number of carbonyl (C=O) groups is 1. The maximum absolute atomic E-state index is 12.1. The van der Waals surface area contributed by atoms with Crippen molar-refractivity contribution in [2.45, 2.75) is 25.6 Å². The molecule has 4 rings (SSSR count). The lowest BCUT2D eigenvalue weighted by Crippen LogP contribution is -2.59. The molecular weight excluding hydrogens is 400 g/mol. The molecule has 0 unspecified atom stereocenters. The molecule has 9 heteroatoms. The molecule has 2 aliphatic rings. The summed E-state index contributed by atoms with van der Waals surface area (Å²) in [6.07, 6.45) is -0.657. The maximum Gasteiger partial charge on any atom is 0.411 e. The van der Waals surface area contributed by atoms with Crippen molar-refractivity contribution >= 4 is 23.2 Å². The van der Waals surface area contributed by atoms with Gasteiger partial charge in [-0.3, -0.25) is 20.3 Å². The lowest BCUT2D eigenvalue weighted by Gasteiger charge is -2.46. The molecule has 2 fully saturated rings. The zero-order valence-corrected chi connectivity index (χ0v) is 17.4. The van der Waals surface area contributed by atoms with Crippen LogP contribution in [0.2, 0.25) is 0 Å². The summed E-state index contributed by atoms with van der Waals surface area (Å²) in [5.41, 5.74) is 1.71. The highest BCUT2D eigenvalue weighted by atomic mass is 16.6. The number of nitro benzene ring substituents is 1. The number of hydrogen-bond donors (Lipinski definition) is 1. The number of anilines is 2. The Morgan fingerprint density at radius 3 is 2.65 bits per heavy atom. The molecule has 2 heterocycles. The predicted molar refractivity (Wildman–Crippen MR) is 116 cm³/mol. The minimum absolute atomic E-state index is 0.0341. The molecule has 2 aromatic rings. The van der Waals surface area contributed by atoms with Crippen molar-refractivity contribution in [2.75, 3.05) is 43.1 Å². The van der Waals surface area contributed by atoms with Crippen LogP contribution in [0, 0.1) is 10.1 Å². The number of amides is 1. The molecule has 1 amide bonds. The lowest BCUT2D eigenvalue weighted by molar-refractivity contribution is -0.384. The van der Waals surface area contributed by atoms with Crippen LogP contribution < -0.4 is 10.2 Å². The Labute approximate surface area is 180 Å². The van der Waals surface area contributed by atoms with Gasteiger partial charge in [-0.2, -0.15) is 0 Å². The molecule has 1 N–H and O–H groups in total. The first-order valence-corrected chi connectivity index (χ1v) is 10.4. The molecule has 0 saturated carbocycles. The van der Waals surface area contributed by atoms with Gasteiger partial charge in [0.2, 0.25) is 0 Å². The SMILES string of the molecule is C[C@H]1CN(C2COC2)CCN1c1ccc(NC(=O)OCc2ccccc2)cc1[N+](=O)[O-]. The smallest absolute Gasteiger partial charge is 0.411 e. The van der Waals surface area contributed by atoms with Gasteiger partial charge in [0.25, 0.3) is 5.69 Å². The van der Waals surface area contributed by atoms with E-state index in [1.807, 2.05) is 30.3 Å². The van der Waals surface area contributed by atoms with Crippen LogP contribution in [0.1, 0.15) is 12.5 Å². The van der Waals surface area contributed by atoms with Crippen LogP contribution in [-0.2, 0) is 16.1 Å². The first-order valence-electron chi connectivity index (χ1n) is 10.4. The molecule has 1 atom stereocenters. The second-order valence-electron chi connectivity index (χ2n) is 7.88. The van der Waals surface area contributed by atoms with E-state index in [2.05, 4.69) is 22.0 Å². The normalized spacial score (nSPS) is 19.5. The maximum atomic E-state index is 12.1. The summed E-state index contributed by atoms with van der Waals surface area (Å²) in [6.45, 7) is 6.08. The molecule has 0 aromatic heterocycles. The van der Waals surface area contributed by atoms with Gasteiger partial charge >= 0.3 is 6.09 Å². The topological polar surface area (TPSA) is 97.2 Å². The van der Waals surface area contributed by atoms with Crippen molar-refractivity contribution in [2.24, 2.45) is 0 Å². The summed E-state index contributed by atoms with van der Waals surface area (Å²) < 4.78 is 10.5. The van der Waals surface area contributed by atoms with Crippen LogP contribution >= 0.6 is 0 Å². The first-order chi connectivity index (χ1) is 15.0. The second-order valence-corrected chi connectivity index (χ2v) is 7.88. The summed E-state index contributed by atoms with van der Waals surface area (Å²) >= 11 is 0. The average molecular weight is 426 g/mol. The summed E-state index contributed by atoms with van der Waals surface area (Å²) in [7, 11) is 0. The lowest BCUT2D eigenvalue weighted by atomic mass is 10.1. The van der Waals surface area contributed by atoms with Crippen LogP contribution in [-0.4, -0.2) is 60.8 Å². The molecule has 31 heavy (non-hydrogen) atoms. The molecule has 0 aliphatic carbocycles.